The fourth-order valence-corrected chi connectivity index (χ4v) is 1.11. The van der Waals surface area contributed by atoms with Crippen molar-refractivity contribution in [1.29, 1.82) is 0 Å². The number of benzene rings is 1. The van der Waals surface area contributed by atoms with Crippen LogP contribution < -0.4 is 0 Å². The highest BCUT2D eigenvalue weighted by Gasteiger charge is 1.86. The van der Waals surface area contributed by atoms with E-state index in [0.29, 0.717) is 6.47 Å². The monoisotopic (exact) mass is 205 g/mol. The minimum atomic E-state index is 0.0301. The summed E-state index contributed by atoms with van der Waals surface area (Å²) in [6, 6.07) is 10.3. The molecule has 0 unspecified atom stereocenters. The van der Waals surface area contributed by atoms with Crippen molar-refractivity contribution in [2.45, 2.75) is 20.0 Å². The number of nitrogens with one attached hydrogen (secondary N) is 1. The summed E-state index contributed by atoms with van der Waals surface area (Å²) in [6.07, 6.45) is 1.98. The zero-order valence-electron chi connectivity index (χ0n) is 8.94. The van der Waals surface area contributed by atoms with Crippen molar-refractivity contribution in [2.24, 2.45) is 0 Å². The number of carbonyl (C=O) groups excluding carboxylic acids is 1. The molecule has 1 N–H and O–H groups in total. The first kappa shape index (κ1) is 11.3. The Bertz CT molecular complexity index is 376. The molecule has 0 atom stereocenters. The van der Waals surface area contributed by atoms with E-state index in [4.69, 9.17) is 0 Å². The van der Waals surface area contributed by atoms with E-state index >= 15 is 0 Å². The predicted octanol–water partition coefficient (Wildman–Crippen LogP) is 2.74. The molecule has 15 heavy (non-hydrogen) atoms. The van der Waals surface area contributed by atoms with Gasteiger partial charge in [0.2, 0.25) is 0 Å². The maximum Gasteiger partial charge on any atom is 0.293 e. The Labute approximate surface area is 89.1 Å². The molecule has 0 bridgehead atoms. The molecule has 0 spiro atoms. The zero-order chi connectivity index (χ0) is 11.1. The zero-order valence-corrected chi connectivity index (χ0v) is 8.94. The van der Waals surface area contributed by atoms with E-state index in [1.165, 1.54) is 10.9 Å². The highest BCUT2D eigenvalue weighted by molar-refractivity contribution is 5.78. The average Bonchev–Trinajstić information content (AvgIpc) is 2.65. The van der Waals surface area contributed by atoms with Gasteiger partial charge in [0, 0.05) is 11.7 Å². The molecule has 0 saturated heterocycles. The summed E-state index contributed by atoms with van der Waals surface area (Å²) in [5.74, 6) is 0. The molecule has 2 rings (SSSR count). The van der Waals surface area contributed by atoms with Gasteiger partial charge in [-0.05, 0) is 31.4 Å². The number of H-pyrrole nitrogens is 1. The average molecular weight is 205 g/mol. The van der Waals surface area contributed by atoms with Gasteiger partial charge in [0.05, 0.1) is 6.10 Å². The molecular formula is C12H15NO2. The third-order valence-electron chi connectivity index (χ3n) is 1.79. The molecule has 1 heterocycles. The maximum atomic E-state index is 9.39. The third kappa shape index (κ3) is 3.85. The van der Waals surface area contributed by atoms with Crippen LogP contribution in [0.15, 0.2) is 36.5 Å². The Kier molecular flexibility index (Phi) is 4.41. The fraction of sp³-hybridized carbons (Fsp3) is 0.250. The van der Waals surface area contributed by atoms with Crippen molar-refractivity contribution in [3.8, 4) is 0 Å². The first-order chi connectivity index (χ1) is 7.24. The summed E-state index contributed by atoms with van der Waals surface area (Å²) >= 11 is 0. The van der Waals surface area contributed by atoms with Gasteiger partial charge in [-0.3, -0.25) is 4.79 Å². The molecule has 0 amide bonds. The number of fused-ring (bicyclic) bond motifs is 1. The van der Waals surface area contributed by atoms with Crippen LogP contribution in [0.3, 0.4) is 0 Å². The van der Waals surface area contributed by atoms with E-state index < -0.39 is 0 Å². The van der Waals surface area contributed by atoms with Gasteiger partial charge < -0.3 is 9.72 Å². The smallest absolute Gasteiger partial charge is 0.293 e. The normalized spacial score (nSPS) is 9.53. The van der Waals surface area contributed by atoms with E-state index in [-0.39, 0.29) is 6.10 Å². The van der Waals surface area contributed by atoms with Gasteiger partial charge in [-0.1, -0.05) is 18.2 Å². The summed E-state index contributed by atoms with van der Waals surface area (Å²) in [7, 11) is 0. The minimum Gasteiger partial charge on any atom is -0.465 e. The van der Waals surface area contributed by atoms with Crippen LogP contribution in [0.4, 0.5) is 0 Å². The summed E-state index contributed by atoms with van der Waals surface area (Å²) in [5.41, 5.74) is 1.21. The minimum absolute atomic E-state index is 0.0301. The molecule has 3 heteroatoms. The molecule has 0 radical (unpaired) electrons. The van der Waals surface area contributed by atoms with Gasteiger partial charge in [0.25, 0.3) is 6.47 Å². The molecule has 2 aromatic rings. The molecule has 1 aromatic carbocycles. The second-order valence-electron chi connectivity index (χ2n) is 3.35. The summed E-state index contributed by atoms with van der Waals surface area (Å²) in [5, 5.41) is 1.28. The van der Waals surface area contributed by atoms with Gasteiger partial charge in [-0.25, -0.2) is 0 Å². The Morgan fingerprint density at radius 2 is 2.00 bits per heavy atom. The van der Waals surface area contributed by atoms with Crippen molar-refractivity contribution in [3.05, 3.63) is 36.5 Å². The SMILES string of the molecule is CC(C)OC=O.c1ccc2[nH]ccc2c1. The van der Waals surface area contributed by atoms with Gasteiger partial charge in [0.15, 0.2) is 0 Å². The van der Waals surface area contributed by atoms with Crippen LogP contribution in [0.1, 0.15) is 13.8 Å². The lowest BCUT2D eigenvalue weighted by molar-refractivity contribution is -0.131. The van der Waals surface area contributed by atoms with E-state index in [9.17, 15) is 4.79 Å². The van der Waals surface area contributed by atoms with Crippen LogP contribution in [0.5, 0.6) is 0 Å². The number of hydrogen-bond donors (Lipinski definition) is 1. The molecule has 0 saturated carbocycles. The Balaban J connectivity index is 0.000000167. The van der Waals surface area contributed by atoms with Crippen molar-refractivity contribution >= 4 is 17.4 Å². The van der Waals surface area contributed by atoms with E-state index in [2.05, 4.69) is 27.9 Å². The molecule has 80 valence electrons. The second-order valence-corrected chi connectivity index (χ2v) is 3.35. The number of hydrogen-bond acceptors (Lipinski definition) is 2. The number of para-hydroxylation sites is 1. The third-order valence-corrected chi connectivity index (χ3v) is 1.79. The van der Waals surface area contributed by atoms with Crippen molar-refractivity contribution < 1.29 is 9.53 Å². The fourth-order valence-electron chi connectivity index (χ4n) is 1.11. The van der Waals surface area contributed by atoms with E-state index in [1.54, 1.807) is 13.8 Å². The lowest BCUT2D eigenvalue weighted by Crippen LogP contribution is -1.98. The molecule has 3 nitrogen and oxygen atoms in total. The van der Waals surface area contributed by atoms with Gasteiger partial charge in [-0.2, -0.15) is 0 Å². The molecule has 0 fully saturated rings. The van der Waals surface area contributed by atoms with Crippen molar-refractivity contribution in [1.82, 2.24) is 4.98 Å². The number of aromatic amines is 1. The number of aromatic nitrogens is 1. The van der Waals surface area contributed by atoms with Crippen LogP contribution in [0, 0.1) is 0 Å². The first-order valence-electron chi connectivity index (χ1n) is 4.85. The number of carbonyl (C=O) groups is 1. The van der Waals surface area contributed by atoms with Gasteiger partial charge in [-0.15, -0.1) is 0 Å². The highest BCUT2D eigenvalue weighted by Crippen LogP contribution is 2.09. The van der Waals surface area contributed by atoms with Crippen LogP contribution in [0.25, 0.3) is 10.9 Å². The lowest BCUT2D eigenvalue weighted by atomic mass is 10.3. The standard InChI is InChI=1S/C8H7N.C4H8O2/c1-2-4-8-7(3-1)5-6-9-8;1-4(2)6-3-5/h1-6,9H;3-4H,1-2H3. The molecule has 1 aromatic heterocycles. The largest absolute Gasteiger partial charge is 0.465 e. The van der Waals surface area contributed by atoms with Gasteiger partial charge >= 0.3 is 0 Å². The van der Waals surface area contributed by atoms with Crippen LogP contribution in [-0.4, -0.2) is 17.6 Å². The first-order valence-corrected chi connectivity index (χ1v) is 4.85. The highest BCUT2D eigenvalue weighted by atomic mass is 16.5. The molecule has 0 aliphatic heterocycles. The Morgan fingerprint density at radius 3 is 2.53 bits per heavy atom. The number of ether oxygens (including phenoxy) is 1. The van der Waals surface area contributed by atoms with Crippen LogP contribution in [0.2, 0.25) is 0 Å². The Morgan fingerprint density at radius 1 is 1.27 bits per heavy atom. The van der Waals surface area contributed by atoms with E-state index in [1.807, 2.05) is 18.3 Å². The second kappa shape index (κ2) is 5.86. The van der Waals surface area contributed by atoms with Crippen LogP contribution >= 0.6 is 0 Å². The van der Waals surface area contributed by atoms with Gasteiger partial charge in [0.1, 0.15) is 0 Å². The van der Waals surface area contributed by atoms with Crippen molar-refractivity contribution in [2.75, 3.05) is 0 Å². The number of rotatable bonds is 2. The lowest BCUT2D eigenvalue weighted by Gasteiger charge is -1.96. The molecule has 0 aliphatic rings. The molecule has 0 aliphatic carbocycles. The topological polar surface area (TPSA) is 42.1 Å². The molecular weight excluding hydrogens is 190 g/mol. The summed E-state index contributed by atoms with van der Waals surface area (Å²) in [4.78, 5) is 12.5. The van der Waals surface area contributed by atoms with Crippen LogP contribution in [-0.2, 0) is 9.53 Å². The summed E-state index contributed by atoms with van der Waals surface area (Å²) < 4.78 is 4.36. The Hall–Kier alpha value is -1.77. The quantitative estimate of drug-likeness (QED) is 0.766. The predicted molar refractivity (Wildman–Crippen MR) is 60.6 cm³/mol. The van der Waals surface area contributed by atoms with E-state index in [0.717, 1.165) is 0 Å². The maximum absolute atomic E-state index is 9.39. The van der Waals surface area contributed by atoms with Crippen molar-refractivity contribution in [3.63, 3.8) is 0 Å². The summed E-state index contributed by atoms with van der Waals surface area (Å²) in [6.45, 7) is 4.05.